The van der Waals surface area contributed by atoms with E-state index in [-0.39, 0.29) is 6.61 Å². The van der Waals surface area contributed by atoms with Gasteiger partial charge < -0.3 is 14.5 Å². The molecule has 0 radical (unpaired) electrons. The first-order valence-electron chi connectivity index (χ1n) is 11.1. The van der Waals surface area contributed by atoms with Crippen molar-refractivity contribution in [2.45, 2.75) is 13.8 Å². The predicted molar refractivity (Wildman–Crippen MR) is 127 cm³/mol. The van der Waals surface area contributed by atoms with Crippen LogP contribution in [0.1, 0.15) is 19.4 Å². The van der Waals surface area contributed by atoms with Gasteiger partial charge in [0.1, 0.15) is 11.6 Å². The molecular weight excluding hydrogens is 405 g/mol. The minimum absolute atomic E-state index is 0.286. The van der Waals surface area contributed by atoms with E-state index in [1.165, 1.54) is 18.2 Å². The average Bonchev–Trinajstić information content (AvgIpc) is 2.83. The molecule has 5 nitrogen and oxygen atoms in total. The number of anilines is 1. The van der Waals surface area contributed by atoms with E-state index in [1.54, 1.807) is 13.0 Å². The quantitative estimate of drug-likeness (QED) is 0.414. The maximum atomic E-state index is 14.8. The lowest BCUT2D eigenvalue weighted by molar-refractivity contribution is -0.137. The zero-order chi connectivity index (χ0) is 22.5. The van der Waals surface area contributed by atoms with Crippen molar-refractivity contribution in [1.82, 2.24) is 9.88 Å². The van der Waals surface area contributed by atoms with Gasteiger partial charge in [-0.1, -0.05) is 43.3 Å². The highest BCUT2D eigenvalue weighted by Crippen LogP contribution is 2.31. The van der Waals surface area contributed by atoms with Crippen molar-refractivity contribution in [2.24, 2.45) is 0 Å². The molecule has 166 valence electrons. The lowest BCUT2D eigenvalue weighted by atomic mass is 10.0. The second-order valence-electron chi connectivity index (χ2n) is 7.80. The molecular formula is C26H28FN3O2. The van der Waals surface area contributed by atoms with Crippen LogP contribution in [0.3, 0.4) is 0 Å². The van der Waals surface area contributed by atoms with Gasteiger partial charge in [-0.15, -0.1) is 0 Å². The maximum Gasteiger partial charge on any atom is 0.330 e. The number of rotatable bonds is 6. The van der Waals surface area contributed by atoms with Crippen LogP contribution in [0.5, 0.6) is 0 Å². The minimum atomic E-state index is -0.486. The van der Waals surface area contributed by atoms with E-state index in [2.05, 4.69) is 28.9 Å². The molecule has 0 spiro atoms. The molecule has 1 fully saturated rings. The molecule has 4 rings (SSSR count). The molecule has 0 N–H and O–H groups in total. The van der Waals surface area contributed by atoms with Crippen molar-refractivity contribution in [3.05, 3.63) is 66.0 Å². The van der Waals surface area contributed by atoms with Crippen molar-refractivity contribution in [2.75, 3.05) is 44.2 Å². The highest BCUT2D eigenvalue weighted by Gasteiger charge is 2.20. The third-order valence-corrected chi connectivity index (χ3v) is 5.82. The molecule has 1 saturated heterocycles. The van der Waals surface area contributed by atoms with Gasteiger partial charge in [0.05, 0.1) is 12.3 Å². The molecule has 0 unspecified atom stereocenters. The fourth-order valence-electron chi connectivity index (χ4n) is 4.02. The summed E-state index contributed by atoms with van der Waals surface area (Å²) < 4.78 is 19.6. The molecule has 32 heavy (non-hydrogen) atoms. The minimum Gasteiger partial charge on any atom is -0.463 e. The molecule has 0 amide bonds. The summed E-state index contributed by atoms with van der Waals surface area (Å²) in [5.74, 6) is 0.0525. The van der Waals surface area contributed by atoms with Gasteiger partial charge in [0.15, 0.2) is 0 Å². The number of esters is 1. The lowest BCUT2D eigenvalue weighted by Crippen LogP contribution is -2.46. The first kappa shape index (κ1) is 22.0. The van der Waals surface area contributed by atoms with Gasteiger partial charge in [-0.25, -0.2) is 14.2 Å². The topological polar surface area (TPSA) is 45.7 Å². The highest BCUT2D eigenvalue weighted by molar-refractivity contribution is 5.95. The molecule has 2 heterocycles. The SMILES string of the molecule is CCOC(=O)/C=C/c1ccc(-c2cc3ccccc3c(N3CCN(CC)CC3)n2)cc1F. The number of halogens is 1. The molecule has 1 aliphatic heterocycles. The number of carbonyl (C=O) groups is 1. The van der Waals surface area contributed by atoms with E-state index in [0.717, 1.165) is 55.0 Å². The first-order chi connectivity index (χ1) is 15.6. The molecule has 1 aliphatic rings. The number of likely N-dealkylation sites (N-methyl/N-ethyl adjacent to an activating group) is 1. The summed E-state index contributed by atoms with van der Waals surface area (Å²) in [4.78, 5) is 21.2. The smallest absolute Gasteiger partial charge is 0.330 e. The number of piperazine rings is 1. The normalized spacial score (nSPS) is 14.9. The number of carbonyl (C=O) groups excluding carboxylic acids is 1. The van der Waals surface area contributed by atoms with E-state index >= 15 is 0 Å². The summed E-state index contributed by atoms with van der Waals surface area (Å²) in [5.41, 5.74) is 1.77. The summed E-state index contributed by atoms with van der Waals surface area (Å²) in [7, 11) is 0. The molecule has 1 aromatic heterocycles. The fraction of sp³-hybridized carbons (Fsp3) is 0.308. The molecule has 0 saturated carbocycles. The summed E-state index contributed by atoms with van der Waals surface area (Å²) >= 11 is 0. The number of nitrogens with zero attached hydrogens (tertiary/aromatic N) is 3. The number of benzene rings is 2. The highest BCUT2D eigenvalue weighted by atomic mass is 19.1. The second-order valence-corrected chi connectivity index (χ2v) is 7.80. The second kappa shape index (κ2) is 9.92. The zero-order valence-electron chi connectivity index (χ0n) is 18.6. The van der Waals surface area contributed by atoms with Gasteiger partial charge in [-0.05, 0) is 37.1 Å². The van der Waals surface area contributed by atoms with Crippen LogP contribution in [0.4, 0.5) is 10.2 Å². The summed E-state index contributed by atoms with van der Waals surface area (Å²) in [6.45, 7) is 9.10. The first-order valence-corrected chi connectivity index (χ1v) is 11.1. The monoisotopic (exact) mass is 433 g/mol. The average molecular weight is 434 g/mol. The summed E-state index contributed by atoms with van der Waals surface area (Å²) in [6, 6.07) is 15.2. The standard InChI is InChI=1S/C26H28FN3O2/c1-3-29-13-15-30(16-14-29)26-22-8-6-5-7-20(22)18-24(28-26)21-10-9-19(23(27)17-21)11-12-25(31)32-4-2/h5-12,17-18H,3-4,13-16H2,1-2H3/b12-11+. The van der Waals surface area contributed by atoms with Gasteiger partial charge in [-0.3, -0.25) is 0 Å². The van der Waals surface area contributed by atoms with E-state index in [1.807, 2.05) is 24.3 Å². The Labute approximate surface area is 188 Å². The summed E-state index contributed by atoms with van der Waals surface area (Å²) in [6.07, 6.45) is 2.67. The molecule has 0 bridgehead atoms. The molecule has 3 aromatic rings. The predicted octanol–water partition coefficient (Wildman–Crippen LogP) is 4.76. The van der Waals surface area contributed by atoms with Crippen molar-refractivity contribution >= 4 is 28.6 Å². The lowest BCUT2D eigenvalue weighted by Gasteiger charge is -2.35. The van der Waals surface area contributed by atoms with Gasteiger partial charge in [0.2, 0.25) is 0 Å². The van der Waals surface area contributed by atoms with Crippen LogP contribution in [-0.4, -0.2) is 55.2 Å². The molecule has 6 heteroatoms. The third kappa shape index (κ3) is 4.81. The van der Waals surface area contributed by atoms with Gasteiger partial charge in [0.25, 0.3) is 0 Å². The fourth-order valence-corrected chi connectivity index (χ4v) is 4.02. The van der Waals surface area contributed by atoms with E-state index in [9.17, 15) is 9.18 Å². The van der Waals surface area contributed by atoms with Crippen molar-refractivity contribution in [1.29, 1.82) is 0 Å². The Morgan fingerprint density at radius 3 is 2.59 bits per heavy atom. The van der Waals surface area contributed by atoms with E-state index < -0.39 is 11.8 Å². The Bertz CT molecular complexity index is 1140. The number of ether oxygens (including phenoxy) is 1. The Kier molecular flexibility index (Phi) is 6.81. The molecule has 2 aromatic carbocycles. The van der Waals surface area contributed by atoms with Crippen LogP contribution in [0.25, 0.3) is 28.1 Å². The van der Waals surface area contributed by atoms with Crippen molar-refractivity contribution < 1.29 is 13.9 Å². The summed E-state index contributed by atoms with van der Waals surface area (Å²) in [5, 5.41) is 2.19. The Balaban J connectivity index is 1.67. The van der Waals surface area contributed by atoms with Crippen LogP contribution in [0.15, 0.2) is 54.6 Å². The molecule has 0 atom stereocenters. The van der Waals surface area contributed by atoms with Gasteiger partial charge >= 0.3 is 5.97 Å². The number of hydrogen-bond acceptors (Lipinski definition) is 5. The van der Waals surface area contributed by atoms with E-state index in [4.69, 9.17) is 9.72 Å². The van der Waals surface area contributed by atoms with Crippen molar-refractivity contribution in [3.63, 3.8) is 0 Å². The van der Waals surface area contributed by atoms with Gasteiger partial charge in [0, 0.05) is 48.8 Å². The Morgan fingerprint density at radius 2 is 1.88 bits per heavy atom. The number of pyridine rings is 1. The van der Waals surface area contributed by atoms with Crippen LogP contribution >= 0.6 is 0 Å². The van der Waals surface area contributed by atoms with E-state index in [0.29, 0.717) is 11.1 Å². The third-order valence-electron chi connectivity index (χ3n) is 5.82. The van der Waals surface area contributed by atoms with Crippen LogP contribution in [0, 0.1) is 5.82 Å². The molecule has 0 aliphatic carbocycles. The van der Waals surface area contributed by atoms with Crippen molar-refractivity contribution in [3.8, 4) is 11.3 Å². The maximum absolute atomic E-state index is 14.8. The van der Waals surface area contributed by atoms with Crippen LogP contribution in [-0.2, 0) is 9.53 Å². The number of hydrogen-bond donors (Lipinski definition) is 0. The van der Waals surface area contributed by atoms with Gasteiger partial charge in [-0.2, -0.15) is 0 Å². The zero-order valence-corrected chi connectivity index (χ0v) is 18.6. The number of fused-ring (bicyclic) bond motifs is 1. The number of aromatic nitrogens is 1. The van der Waals surface area contributed by atoms with Crippen LogP contribution < -0.4 is 4.90 Å². The van der Waals surface area contributed by atoms with Crippen LogP contribution in [0.2, 0.25) is 0 Å². The Morgan fingerprint density at radius 1 is 1.09 bits per heavy atom. The largest absolute Gasteiger partial charge is 0.463 e. The Hall–Kier alpha value is -3.25.